The van der Waals surface area contributed by atoms with Crippen molar-refractivity contribution < 1.29 is 18.7 Å². The van der Waals surface area contributed by atoms with Crippen LogP contribution in [0.15, 0.2) is 36.4 Å². The lowest BCUT2D eigenvalue weighted by Gasteiger charge is -2.14. The van der Waals surface area contributed by atoms with Crippen LogP contribution in [0.5, 0.6) is 5.75 Å². The molecular formula is C18H18ClFN4O3. The summed E-state index contributed by atoms with van der Waals surface area (Å²) in [4.78, 5) is 23.6. The largest absolute Gasteiger partial charge is 0.483 e. The molecule has 9 heteroatoms. The summed E-state index contributed by atoms with van der Waals surface area (Å²) in [5.74, 6) is -1.70. The van der Waals surface area contributed by atoms with Crippen LogP contribution in [-0.4, -0.2) is 31.3 Å². The number of halogens is 2. The summed E-state index contributed by atoms with van der Waals surface area (Å²) in [7, 11) is 1.47. The number of hydrogen-bond donors (Lipinski definition) is 4. The Kier molecular flexibility index (Phi) is 6.73. The molecule has 0 radical (unpaired) electrons. The third kappa shape index (κ3) is 5.18. The minimum atomic E-state index is -0.806. The van der Waals surface area contributed by atoms with E-state index in [1.54, 1.807) is 12.1 Å². The lowest BCUT2D eigenvalue weighted by molar-refractivity contribution is -0.122. The lowest BCUT2D eigenvalue weighted by atomic mass is 10.1. The van der Waals surface area contributed by atoms with Crippen molar-refractivity contribution >= 4 is 29.3 Å². The Balaban J connectivity index is 2.18. The Morgan fingerprint density at radius 3 is 2.70 bits per heavy atom. The number of likely N-dealkylation sites (N-methyl/N-ethyl adjacent to an activating group) is 1. The molecule has 2 amide bonds. The minimum absolute atomic E-state index is 0.00600. The first kappa shape index (κ1) is 20.2. The number of benzene rings is 2. The summed E-state index contributed by atoms with van der Waals surface area (Å²) < 4.78 is 19.4. The van der Waals surface area contributed by atoms with Crippen LogP contribution >= 0.6 is 11.6 Å². The maximum atomic E-state index is 13.9. The Bertz CT molecular complexity index is 889. The number of ether oxygens (including phenoxy) is 1. The quantitative estimate of drug-likeness (QED) is 0.424. The van der Waals surface area contributed by atoms with E-state index in [2.05, 4.69) is 10.6 Å². The average molecular weight is 393 g/mol. The van der Waals surface area contributed by atoms with Crippen LogP contribution in [0.25, 0.3) is 0 Å². The molecule has 0 aromatic heterocycles. The highest BCUT2D eigenvalue weighted by molar-refractivity contribution is 6.31. The van der Waals surface area contributed by atoms with Crippen molar-refractivity contribution in [3.63, 3.8) is 0 Å². The van der Waals surface area contributed by atoms with Gasteiger partial charge < -0.3 is 21.1 Å². The second-order valence-corrected chi connectivity index (χ2v) is 5.89. The Labute approximate surface area is 160 Å². The predicted molar refractivity (Wildman–Crippen MR) is 99.6 cm³/mol. The number of rotatable bonds is 7. The van der Waals surface area contributed by atoms with Crippen LogP contribution < -0.4 is 21.1 Å². The lowest BCUT2D eigenvalue weighted by Crippen LogP contribution is -2.26. The number of nitrogens with one attached hydrogen (secondary N) is 3. The van der Waals surface area contributed by atoms with Crippen molar-refractivity contribution in [3.05, 3.63) is 63.9 Å². The van der Waals surface area contributed by atoms with Crippen LogP contribution in [-0.2, 0) is 11.3 Å². The van der Waals surface area contributed by atoms with Gasteiger partial charge in [0.15, 0.2) is 12.4 Å². The average Bonchev–Trinajstić information content (AvgIpc) is 2.66. The highest BCUT2D eigenvalue weighted by Crippen LogP contribution is 2.22. The third-order valence-corrected chi connectivity index (χ3v) is 3.94. The molecule has 0 heterocycles. The van der Waals surface area contributed by atoms with Gasteiger partial charge in [-0.15, -0.1) is 0 Å². The molecule has 0 saturated carbocycles. The molecule has 0 spiro atoms. The molecule has 2 aromatic carbocycles. The second-order valence-electron chi connectivity index (χ2n) is 5.48. The van der Waals surface area contributed by atoms with E-state index in [0.717, 1.165) is 0 Å². The molecule has 142 valence electrons. The summed E-state index contributed by atoms with van der Waals surface area (Å²) in [6, 6.07) is 8.81. The number of hydrogen-bond acceptors (Lipinski definition) is 4. The minimum Gasteiger partial charge on any atom is -0.483 e. The highest BCUT2D eigenvalue weighted by Gasteiger charge is 2.15. The maximum absolute atomic E-state index is 13.9. The van der Waals surface area contributed by atoms with Gasteiger partial charge in [-0.1, -0.05) is 29.8 Å². The molecule has 0 aliphatic carbocycles. The number of carbonyl (C=O) groups excluding carboxylic acids is 2. The fraction of sp³-hybridized carbons (Fsp3) is 0.167. The number of nitrogen functional groups attached to an aromatic ring is 1. The van der Waals surface area contributed by atoms with Gasteiger partial charge in [0, 0.05) is 24.7 Å². The summed E-state index contributed by atoms with van der Waals surface area (Å²) in [6.45, 7) is -0.242. The Hall–Kier alpha value is -3.13. The van der Waals surface area contributed by atoms with E-state index in [4.69, 9.17) is 27.5 Å². The van der Waals surface area contributed by atoms with Crippen LogP contribution in [0.2, 0.25) is 5.02 Å². The molecule has 2 rings (SSSR count). The molecule has 0 bridgehead atoms. The summed E-state index contributed by atoms with van der Waals surface area (Å²) >= 11 is 5.69. The number of carbonyl (C=O) groups is 2. The third-order valence-electron chi connectivity index (χ3n) is 3.65. The van der Waals surface area contributed by atoms with Gasteiger partial charge >= 0.3 is 0 Å². The zero-order chi connectivity index (χ0) is 20.0. The van der Waals surface area contributed by atoms with Crippen molar-refractivity contribution in [1.82, 2.24) is 10.6 Å². The predicted octanol–water partition coefficient (Wildman–Crippen LogP) is 1.82. The van der Waals surface area contributed by atoms with Crippen molar-refractivity contribution in [2.45, 2.75) is 6.54 Å². The van der Waals surface area contributed by atoms with Crippen molar-refractivity contribution in [2.24, 2.45) is 5.73 Å². The summed E-state index contributed by atoms with van der Waals surface area (Å²) in [5.41, 5.74) is 6.21. The fourth-order valence-corrected chi connectivity index (χ4v) is 2.34. The first-order valence-corrected chi connectivity index (χ1v) is 8.24. The van der Waals surface area contributed by atoms with Gasteiger partial charge in [0.2, 0.25) is 0 Å². The molecule has 0 fully saturated rings. The Morgan fingerprint density at radius 2 is 2.04 bits per heavy atom. The van der Waals surface area contributed by atoms with E-state index in [0.29, 0.717) is 11.1 Å². The Morgan fingerprint density at radius 1 is 1.30 bits per heavy atom. The number of amides is 2. The smallest absolute Gasteiger partial charge is 0.257 e. The van der Waals surface area contributed by atoms with Crippen LogP contribution in [0.3, 0.4) is 0 Å². The van der Waals surface area contributed by atoms with Crippen LogP contribution in [0.1, 0.15) is 21.5 Å². The van der Waals surface area contributed by atoms with Gasteiger partial charge in [-0.3, -0.25) is 15.0 Å². The molecule has 2 aromatic rings. The van der Waals surface area contributed by atoms with Crippen molar-refractivity contribution in [3.8, 4) is 5.75 Å². The van der Waals surface area contributed by atoms with E-state index in [1.165, 1.54) is 31.3 Å². The molecule has 0 aliphatic heterocycles. The zero-order valence-electron chi connectivity index (χ0n) is 14.4. The summed E-state index contributed by atoms with van der Waals surface area (Å²) in [6.07, 6.45) is 0. The number of nitrogens with two attached hydrogens (primary N) is 1. The van der Waals surface area contributed by atoms with E-state index in [9.17, 15) is 14.0 Å². The standard InChI is InChI=1S/C18H18ClFN4O3/c1-23-15(25)9-27-14-7-10(17(21)22)5-6-11(14)8-24-18(26)12-3-2-4-13(19)16(12)20/h2-7H,8-9H2,1H3,(H3,21,22)(H,23,25)(H,24,26). The van der Waals surface area contributed by atoms with Crippen molar-refractivity contribution in [2.75, 3.05) is 13.7 Å². The maximum Gasteiger partial charge on any atom is 0.257 e. The van der Waals surface area contributed by atoms with Crippen LogP contribution in [0.4, 0.5) is 4.39 Å². The van der Waals surface area contributed by atoms with E-state index >= 15 is 0 Å². The second kappa shape index (κ2) is 9.00. The number of amidine groups is 1. The van der Waals surface area contributed by atoms with Crippen molar-refractivity contribution in [1.29, 1.82) is 5.41 Å². The molecule has 7 nitrogen and oxygen atoms in total. The van der Waals surface area contributed by atoms with E-state index in [-0.39, 0.29) is 41.2 Å². The first-order chi connectivity index (χ1) is 12.8. The monoisotopic (exact) mass is 392 g/mol. The molecule has 5 N–H and O–H groups in total. The summed E-state index contributed by atoms with van der Waals surface area (Å²) in [5, 5.41) is 12.3. The molecular weight excluding hydrogens is 375 g/mol. The van der Waals surface area contributed by atoms with Gasteiger partial charge in [-0.05, 0) is 18.2 Å². The van der Waals surface area contributed by atoms with Gasteiger partial charge in [0.05, 0.1) is 10.6 Å². The molecule has 27 heavy (non-hydrogen) atoms. The van der Waals surface area contributed by atoms with Gasteiger partial charge in [-0.2, -0.15) is 0 Å². The highest BCUT2D eigenvalue weighted by atomic mass is 35.5. The van der Waals surface area contributed by atoms with Crippen LogP contribution in [0, 0.1) is 11.2 Å². The molecule has 0 aliphatic rings. The first-order valence-electron chi connectivity index (χ1n) is 7.86. The van der Waals surface area contributed by atoms with Gasteiger partial charge in [0.25, 0.3) is 11.8 Å². The molecule has 0 unspecified atom stereocenters. The zero-order valence-corrected chi connectivity index (χ0v) is 15.2. The topological polar surface area (TPSA) is 117 Å². The van der Waals surface area contributed by atoms with Gasteiger partial charge in [-0.25, -0.2) is 4.39 Å². The normalized spacial score (nSPS) is 10.2. The SMILES string of the molecule is CNC(=O)COc1cc(C(=N)N)ccc1CNC(=O)c1cccc(Cl)c1F. The van der Waals surface area contributed by atoms with E-state index in [1.807, 2.05) is 0 Å². The molecule has 0 atom stereocenters. The molecule has 0 saturated heterocycles. The van der Waals surface area contributed by atoms with Gasteiger partial charge in [0.1, 0.15) is 11.6 Å². The van der Waals surface area contributed by atoms with E-state index < -0.39 is 11.7 Å². The fourth-order valence-electron chi connectivity index (χ4n) is 2.17.